The Kier molecular flexibility index (Phi) is 8.38. The molecular weight excluding hydrogens is 512 g/mol. The summed E-state index contributed by atoms with van der Waals surface area (Å²) >= 11 is 0. The Labute approximate surface area is 233 Å². The van der Waals surface area contributed by atoms with Crippen LogP contribution >= 0.6 is 0 Å². The first-order valence-corrected chi connectivity index (χ1v) is 13.5. The minimum atomic E-state index is -0.971. The van der Waals surface area contributed by atoms with E-state index in [1.807, 2.05) is 13.8 Å². The number of hydrogen-bond donors (Lipinski definition) is 2. The molecule has 2 amide bonds. The molecule has 11 heteroatoms. The van der Waals surface area contributed by atoms with Gasteiger partial charge in [-0.05, 0) is 77.3 Å². The number of amides is 2. The number of piperidine rings is 1. The molecule has 2 aromatic heterocycles. The lowest BCUT2D eigenvalue weighted by molar-refractivity contribution is 0.0597. The van der Waals surface area contributed by atoms with Crippen molar-refractivity contribution in [2.24, 2.45) is 0 Å². The number of rotatable bonds is 7. The van der Waals surface area contributed by atoms with Crippen LogP contribution in [0.15, 0.2) is 36.5 Å². The highest BCUT2D eigenvalue weighted by molar-refractivity contribution is 5.98. The van der Waals surface area contributed by atoms with Gasteiger partial charge in [0.05, 0.1) is 29.7 Å². The van der Waals surface area contributed by atoms with Gasteiger partial charge < -0.3 is 24.8 Å². The third kappa shape index (κ3) is 5.91. The highest BCUT2D eigenvalue weighted by Crippen LogP contribution is 2.39. The number of likely N-dealkylation sites (tertiary alicyclic amines) is 1. The third-order valence-electron chi connectivity index (χ3n) is 6.62. The quantitative estimate of drug-likeness (QED) is 0.379. The summed E-state index contributed by atoms with van der Waals surface area (Å²) in [5, 5.41) is 27.8. The van der Waals surface area contributed by atoms with E-state index in [9.17, 15) is 20.0 Å². The second-order valence-electron chi connectivity index (χ2n) is 10.6. The Morgan fingerprint density at radius 2 is 1.95 bits per heavy atom. The lowest BCUT2D eigenvalue weighted by Gasteiger charge is -2.34. The molecule has 3 aromatic rings. The Morgan fingerprint density at radius 3 is 2.55 bits per heavy atom. The highest BCUT2D eigenvalue weighted by atomic mass is 16.6. The van der Waals surface area contributed by atoms with Gasteiger partial charge in [-0.3, -0.25) is 0 Å². The normalized spacial score (nSPS) is 15.4. The molecule has 1 aliphatic heterocycles. The molecule has 0 radical (unpaired) electrons. The number of nitriles is 1. The topological polar surface area (TPSA) is 132 Å². The first kappa shape index (κ1) is 28.5. The molecule has 11 nitrogen and oxygen atoms in total. The van der Waals surface area contributed by atoms with Gasteiger partial charge in [-0.2, -0.15) is 10.4 Å². The number of nitrogens with zero attached hydrogens (tertiary/aromatic N) is 5. The number of pyridine rings is 1. The molecule has 0 spiro atoms. The minimum Gasteiger partial charge on any atom is -0.494 e. The predicted molar refractivity (Wildman–Crippen MR) is 152 cm³/mol. The van der Waals surface area contributed by atoms with Gasteiger partial charge in [0.1, 0.15) is 28.8 Å². The van der Waals surface area contributed by atoms with Gasteiger partial charge in [0.25, 0.3) is 0 Å². The zero-order valence-electron chi connectivity index (χ0n) is 23.6. The first-order chi connectivity index (χ1) is 19.1. The number of carbonyl (C=O) groups excluding carboxylic acids is 1. The number of aromatic nitrogens is 2. The van der Waals surface area contributed by atoms with Crippen LogP contribution in [0.5, 0.6) is 5.75 Å². The molecule has 212 valence electrons. The monoisotopic (exact) mass is 548 g/mol. The molecule has 4 rings (SSSR count). The average Bonchev–Trinajstić information content (AvgIpc) is 3.39. The predicted octanol–water partition coefficient (Wildman–Crippen LogP) is 5.79. The standard InChI is InChI=1S/C29H36N6O5/c1-6-22-25(32-19-9-8-16-33(18-19)27(36)37)23(17-30)24-14-15-31-35(24)26(22)34(28(38)40-29(3,4)5)20-10-12-21(13-11-20)39-7-2/h10-15,19,32H,6-9,16,18H2,1-5H3,(H,36,37)/t19-/m0/s1. The fourth-order valence-corrected chi connectivity index (χ4v) is 4.97. The zero-order valence-corrected chi connectivity index (χ0v) is 23.6. The van der Waals surface area contributed by atoms with Crippen molar-refractivity contribution in [2.45, 2.75) is 65.5 Å². The zero-order chi connectivity index (χ0) is 29.0. The summed E-state index contributed by atoms with van der Waals surface area (Å²) in [5.41, 5.74) is 1.90. The van der Waals surface area contributed by atoms with E-state index in [1.165, 1.54) is 9.80 Å². The van der Waals surface area contributed by atoms with Crippen molar-refractivity contribution in [3.63, 3.8) is 0 Å². The summed E-state index contributed by atoms with van der Waals surface area (Å²) in [4.78, 5) is 28.4. The van der Waals surface area contributed by atoms with Gasteiger partial charge in [-0.15, -0.1) is 0 Å². The molecule has 1 saturated heterocycles. The lowest BCUT2D eigenvalue weighted by atomic mass is 10.0. The lowest BCUT2D eigenvalue weighted by Crippen LogP contribution is -2.44. The number of hydrogen-bond acceptors (Lipinski definition) is 7. The summed E-state index contributed by atoms with van der Waals surface area (Å²) in [5.74, 6) is 1.10. The van der Waals surface area contributed by atoms with Crippen molar-refractivity contribution in [2.75, 3.05) is 29.9 Å². The summed E-state index contributed by atoms with van der Waals surface area (Å²) in [7, 11) is 0. The minimum absolute atomic E-state index is 0.207. The highest BCUT2D eigenvalue weighted by Gasteiger charge is 2.33. The van der Waals surface area contributed by atoms with Crippen molar-refractivity contribution in [3.8, 4) is 11.8 Å². The maximum absolute atomic E-state index is 13.9. The van der Waals surface area contributed by atoms with E-state index in [0.717, 1.165) is 6.42 Å². The Bertz CT molecular complexity index is 1420. The number of anilines is 3. The number of ether oxygens (including phenoxy) is 2. The van der Waals surface area contributed by atoms with Crippen LogP contribution in [0.3, 0.4) is 0 Å². The van der Waals surface area contributed by atoms with Crippen molar-refractivity contribution < 1.29 is 24.2 Å². The molecule has 0 saturated carbocycles. The molecule has 1 aliphatic rings. The Hall–Kier alpha value is -4.46. The van der Waals surface area contributed by atoms with Crippen LogP contribution in [-0.2, 0) is 11.2 Å². The molecule has 0 bridgehead atoms. The van der Waals surface area contributed by atoms with E-state index in [4.69, 9.17) is 9.47 Å². The fourth-order valence-electron chi connectivity index (χ4n) is 4.97. The average molecular weight is 549 g/mol. The largest absolute Gasteiger partial charge is 0.494 e. The Balaban J connectivity index is 1.93. The van der Waals surface area contributed by atoms with Crippen molar-refractivity contribution in [1.82, 2.24) is 14.5 Å². The molecule has 2 N–H and O–H groups in total. The van der Waals surface area contributed by atoms with Crippen LogP contribution in [0.1, 0.15) is 58.6 Å². The van der Waals surface area contributed by atoms with Gasteiger partial charge in [0.2, 0.25) is 0 Å². The summed E-state index contributed by atoms with van der Waals surface area (Å²) in [6, 6.07) is 11.0. The Morgan fingerprint density at radius 1 is 1.23 bits per heavy atom. The van der Waals surface area contributed by atoms with Crippen LogP contribution < -0.4 is 15.0 Å². The summed E-state index contributed by atoms with van der Waals surface area (Å²) < 4.78 is 13.1. The molecule has 1 atom stereocenters. The van der Waals surface area contributed by atoms with Crippen LogP contribution in [0.4, 0.5) is 26.8 Å². The summed E-state index contributed by atoms with van der Waals surface area (Å²) in [6.07, 6.45) is 1.90. The molecule has 3 heterocycles. The first-order valence-electron chi connectivity index (χ1n) is 13.5. The fraction of sp³-hybridized carbons (Fsp3) is 0.448. The van der Waals surface area contributed by atoms with E-state index in [2.05, 4.69) is 16.5 Å². The second kappa shape index (κ2) is 11.7. The van der Waals surface area contributed by atoms with Gasteiger partial charge >= 0.3 is 12.2 Å². The maximum atomic E-state index is 13.9. The molecule has 1 fully saturated rings. The molecule has 40 heavy (non-hydrogen) atoms. The van der Waals surface area contributed by atoms with Gasteiger partial charge in [-0.25, -0.2) is 19.0 Å². The smallest absolute Gasteiger partial charge is 0.420 e. The molecular formula is C29H36N6O5. The maximum Gasteiger partial charge on any atom is 0.420 e. The van der Waals surface area contributed by atoms with E-state index in [1.54, 1.807) is 61.8 Å². The number of fused-ring (bicyclic) bond motifs is 1. The van der Waals surface area contributed by atoms with Crippen LogP contribution in [0.25, 0.3) is 5.52 Å². The number of carbonyl (C=O) groups is 2. The van der Waals surface area contributed by atoms with Gasteiger partial charge in [-0.1, -0.05) is 6.92 Å². The van der Waals surface area contributed by atoms with Gasteiger partial charge in [0, 0.05) is 24.7 Å². The molecule has 0 unspecified atom stereocenters. The van der Waals surface area contributed by atoms with Crippen molar-refractivity contribution in [1.29, 1.82) is 5.26 Å². The van der Waals surface area contributed by atoms with Crippen LogP contribution in [0.2, 0.25) is 0 Å². The summed E-state index contributed by atoms with van der Waals surface area (Å²) in [6.45, 7) is 10.5. The molecule has 0 aliphatic carbocycles. The van der Waals surface area contributed by atoms with E-state index < -0.39 is 17.8 Å². The number of nitrogens with one attached hydrogen (secondary N) is 1. The molecule has 1 aromatic carbocycles. The second-order valence-corrected chi connectivity index (χ2v) is 10.6. The number of benzene rings is 1. The van der Waals surface area contributed by atoms with Crippen LogP contribution in [-0.4, -0.2) is 63.1 Å². The van der Waals surface area contributed by atoms with Crippen molar-refractivity contribution in [3.05, 3.63) is 47.7 Å². The third-order valence-corrected chi connectivity index (χ3v) is 6.62. The van der Waals surface area contributed by atoms with E-state index in [0.29, 0.717) is 65.6 Å². The van der Waals surface area contributed by atoms with E-state index >= 15 is 0 Å². The number of carboxylic acid groups (broad SMARTS) is 1. The van der Waals surface area contributed by atoms with Gasteiger partial charge in [0.15, 0.2) is 0 Å². The SMILES string of the molecule is CCOc1ccc(N(C(=O)OC(C)(C)C)c2c(CC)c(N[C@H]3CCCN(C(=O)O)C3)c(C#N)c3ccnn23)cc1. The van der Waals surface area contributed by atoms with Crippen molar-refractivity contribution >= 4 is 34.9 Å². The van der Waals surface area contributed by atoms with Crippen LogP contribution in [0, 0.1) is 11.3 Å². The van der Waals surface area contributed by atoms with E-state index in [-0.39, 0.29) is 12.6 Å².